The number of hydrogen-bond acceptors (Lipinski definition) is 11. The van der Waals surface area contributed by atoms with Gasteiger partial charge in [0.1, 0.15) is 18.3 Å². The van der Waals surface area contributed by atoms with E-state index in [4.69, 9.17) is 36.1 Å². The van der Waals surface area contributed by atoms with Gasteiger partial charge in [-0.1, -0.05) is 20.8 Å². The van der Waals surface area contributed by atoms with Gasteiger partial charge < -0.3 is 36.1 Å². The lowest BCUT2D eigenvalue weighted by Crippen LogP contribution is -2.63. The van der Waals surface area contributed by atoms with E-state index in [1.54, 1.807) is 0 Å². The molecule has 0 saturated heterocycles. The molecule has 4 rings (SSSR count). The first-order valence-electron chi connectivity index (χ1n) is 15.7. The van der Waals surface area contributed by atoms with Crippen LogP contribution in [0.4, 0.5) is 0 Å². The molecule has 0 spiro atoms. The van der Waals surface area contributed by atoms with Gasteiger partial charge in [-0.2, -0.15) is 0 Å². The molecule has 14 heteroatoms. The molecule has 0 unspecified atom stereocenters. The van der Waals surface area contributed by atoms with E-state index < -0.39 is 17.9 Å². The standard InChI is InChI=1S/C31H51N3O8.3ClH/c1-17(5-8-25(35)39-4)20-6-7-21-29-22(13-24(31(20,21)3)42-28(38)16-34)30(2)10-9-19(40-26(36)14-32)11-18(30)12-23(29)41-27(37)15-33;;;/h17-24,29H,5-16,32-34H2,1-4H3;3*1H/t17-,18+,19-,20-,21+,22+,23-,24+,29+,30+,31-;;;/m1.../s1. The van der Waals surface area contributed by atoms with Crippen LogP contribution in [-0.4, -0.2) is 68.9 Å². The number of carbonyl (C=O) groups is 4. The number of nitrogens with two attached hydrogens (primary N) is 3. The average Bonchev–Trinajstić information content (AvgIpc) is 3.34. The molecule has 11 nitrogen and oxygen atoms in total. The number of carbonyl (C=O) groups excluding carboxylic acids is 4. The second kappa shape index (κ2) is 17.2. The molecule has 0 bridgehead atoms. The molecule has 0 aromatic rings. The van der Waals surface area contributed by atoms with Crippen molar-refractivity contribution in [3.8, 4) is 0 Å². The highest BCUT2D eigenvalue weighted by molar-refractivity contribution is 5.86. The Hall–Kier alpha value is -1.37. The van der Waals surface area contributed by atoms with E-state index in [0.717, 1.165) is 25.7 Å². The SMILES string of the molecule is COC(=O)CC[C@@H](C)[C@H]1CC[C@H]2[C@@H]3[C@H](OC(=O)CN)C[C@@H]4C[C@H](OC(=O)CN)CC[C@]4(C)[C@H]3C[C@H](OC(=O)CN)[C@]12C.Cl.Cl.Cl. The third-order valence-electron chi connectivity index (χ3n) is 11.8. The van der Waals surface area contributed by atoms with Gasteiger partial charge in [0.2, 0.25) is 0 Å². The highest BCUT2D eigenvalue weighted by Crippen LogP contribution is 2.69. The number of halogens is 3. The van der Waals surface area contributed by atoms with Gasteiger partial charge in [-0.05, 0) is 86.4 Å². The summed E-state index contributed by atoms with van der Waals surface area (Å²) in [6, 6.07) is 0. The third-order valence-corrected chi connectivity index (χ3v) is 11.8. The van der Waals surface area contributed by atoms with Crippen molar-refractivity contribution in [3.63, 3.8) is 0 Å². The van der Waals surface area contributed by atoms with E-state index in [2.05, 4.69) is 20.8 Å². The van der Waals surface area contributed by atoms with Crippen LogP contribution in [0.15, 0.2) is 0 Å². The van der Waals surface area contributed by atoms with Gasteiger partial charge in [0.15, 0.2) is 0 Å². The van der Waals surface area contributed by atoms with E-state index in [0.29, 0.717) is 32.1 Å². The molecule has 45 heavy (non-hydrogen) atoms. The zero-order valence-corrected chi connectivity index (χ0v) is 29.4. The van der Waals surface area contributed by atoms with Crippen molar-refractivity contribution >= 4 is 61.1 Å². The van der Waals surface area contributed by atoms with E-state index in [1.807, 2.05) is 0 Å². The Morgan fingerprint density at radius 1 is 0.778 bits per heavy atom. The smallest absolute Gasteiger partial charge is 0.319 e. The highest BCUT2D eigenvalue weighted by Gasteiger charge is 2.67. The number of hydrogen-bond donors (Lipinski definition) is 3. The number of rotatable bonds is 10. The van der Waals surface area contributed by atoms with Gasteiger partial charge in [0.05, 0.1) is 26.7 Å². The maximum Gasteiger partial charge on any atom is 0.319 e. The maximum atomic E-state index is 12.7. The largest absolute Gasteiger partial charge is 0.469 e. The molecule has 0 aromatic carbocycles. The van der Waals surface area contributed by atoms with Crippen LogP contribution in [0.2, 0.25) is 0 Å². The summed E-state index contributed by atoms with van der Waals surface area (Å²) in [4.78, 5) is 49.4. The van der Waals surface area contributed by atoms with Crippen LogP contribution < -0.4 is 17.2 Å². The fourth-order valence-corrected chi connectivity index (χ4v) is 9.77. The molecule has 4 aliphatic carbocycles. The van der Waals surface area contributed by atoms with Gasteiger partial charge in [-0.3, -0.25) is 19.2 Å². The van der Waals surface area contributed by atoms with Crippen LogP contribution in [0.5, 0.6) is 0 Å². The van der Waals surface area contributed by atoms with Crippen molar-refractivity contribution in [1.29, 1.82) is 0 Å². The average molecular weight is 703 g/mol. The Morgan fingerprint density at radius 3 is 1.98 bits per heavy atom. The van der Waals surface area contributed by atoms with Gasteiger partial charge in [0, 0.05) is 17.8 Å². The third kappa shape index (κ3) is 8.20. The lowest BCUT2D eigenvalue weighted by molar-refractivity contribution is -0.225. The summed E-state index contributed by atoms with van der Waals surface area (Å²) < 4.78 is 22.9. The van der Waals surface area contributed by atoms with E-state index in [1.165, 1.54) is 7.11 Å². The maximum absolute atomic E-state index is 12.7. The van der Waals surface area contributed by atoms with Crippen molar-refractivity contribution in [2.75, 3.05) is 26.7 Å². The fourth-order valence-electron chi connectivity index (χ4n) is 9.77. The molecule has 11 atom stereocenters. The first-order chi connectivity index (χ1) is 19.9. The molecule has 0 radical (unpaired) electrons. The van der Waals surface area contributed by atoms with E-state index in [9.17, 15) is 19.2 Å². The lowest BCUT2D eigenvalue weighted by atomic mass is 9.43. The molecular formula is C31H54Cl3N3O8. The highest BCUT2D eigenvalue weighted by atomic mass is 35.5. The summed E-state index contributed by atoms with van der Waals surface area (Å²) in [5, 5.41) is 0. The van der Waals surface area contributed by atoms with Crippen molar-refractivity contribution in [3.05, 3.63) is 0 Å². The molecule has 4 aliphatic rings. The summed E-state index contributed by atoms with van der Waals surface area (Å²) in [6.07, 6.45) is 5.49. The molecule has 4 saturated carbocycles. The zero-order chi connectivity index (χ0) is 30.8. The van der Waals surface area contributed by atoms with Crippen molar-refractivity contribution in [2.45, 2.75) is 96.9 Å². The minimum Gasteiger partial charge on any atom is -0.469 e. The van der Waals surface area contributed by atoms with Crippen molar-refractivity contribution in [1.82, 2.24) is 0 Å². The van der Waals surface area contributed by atoms with Crippen LogP contribution in [0.1, 0.15) is 78.6 Å². The summed E-state index contributed by atoms with van der Waals surface area (Å²) in [6.45, 7) is 6.16. The molecule has 0 heterocycles. The normalized spacial score (nSPS) is 37.0. The number of esters is 4. The second-order valence-corrected chi connectivity index (χ2v) is 13.6. The number of methoxy groups -OCH3 is 1. The quantitative estimate of drug-likeness (QED) is 0.224. The predicted molar refractivity (Wildman–Crippen MR) is 175 cm³/mol. The summed E-state index contributed by atoms with van der Waals surface area (Å²) in [7, 11) is 1.40. The monoisotopic (exact) mass is 701 g/mol. The van der Waals surface area contributed by atoms with Crippen LogP contribution >= 0.6 is 37.2 Å². The molecule has 6 N–H and O–H groups in total. The van der Waals surface area contributed by atoms with Crippen LogP contribution in [0, 0.1) is 46.3 Å². The minimum atomic E-state index is -0.427. The van der Waals surface area contributed by atoms with Crippen molar-refractivity contribution < 1.29 is 38.1 Å². The van der Waals surface area contributed by atoms with Crippen LogP contribution in [-0.2, 0) is 38.1 Å². The Bertz CT molecular complexity index is 1040. The van der Waals surface area contributed by atoms with Gasteiger partial charge in [-0.15, -0.1) is 37.2 Å². The summed E-state index contributed by atoms with van der Waals surface area (Å²) in [5.41, 5.74) is 16.5. The Labute approximate surface area is 285 Å². The first-order valence-corrected chi connectivity index (χ1v) is 15.7. The lowest BCUT2D eigenvalue weighted by Gasteiger charge is -2.64. The Morgan fingerprint density at radius 2 is 1.38 bits per heavy atom. The molecule has 4 fully saturated rings. The van der Waals surface area contributed by atoms with E-state index >= 15 is 0 Å². The number of fused-ring (bicyclic) bond motifs is 5. The van der Waals surface area contributed by atoms with Gasteiger partial charge in [-0.25, -0.2) is 0 Å². The van der Waals surface area contributed by atoms with Crippen molar-refractivity contribution in [2.24, 2.45) is 63.5 Å². The molecule has 0 amide bonds. The topological polar surface area (TPSA) is 183 Å². The minimum absolute atomic E-state index is 0. The second-order valence-electron chi connectivity index (χ2n) is 13.6. The molecule has 262 valence electrons. The Balaban J connectivity index is 0.00000337. The molecule has 0 aromatic heterocycles. The molecule has 0 aliphatic heterocycles. The van der Waals surface area contributed by atoms with Crippen LogP contribution in [0.25, 0.3) is 0 Å². The predicted octanol–water partition coefficient (Wildman–Crippen LogP) is 3.33. The fraction of sp³-hybridized carbons (Fsp3) is 0.871. The van der Waals surface area contributed by atoms with Gasteiger partial charge >= 0.3 is 23.9 Å². The summed E-state index contributed by atoms with van der Waals surface area (Å²) in [5.74, 6) is -0.630. The van der Waals surface area contributed by atoms with Gasteiger partial charge in [0.25, 0.3) is 0 Å². The zero-order valence-electron chi connectivity index (χ0n) is 26.9. The summed E-state index contributed by atoms with van der Waals surface area (Å²) >= 11 is 0. The van der Waals surface area contributed by atoms with E-state index in [-0.39, 0.29) is 127 Å². The Kier molecular flexibility index (Phi) is 15.9. The number of ether oxygens (including phenoxy) is 4. The van der Waals surface area contributed by atoms with Crippen LogP contribution in [0.3, 0.4) is 0 Å². The first kappa shape index (κ1) is 41.7. The molecular weight excluding hydrogens is 649 g/mol.